The Hall–Kier alpha value is -2.80. The fraction of sp³-hybridized carbons (Fsp3) is 0.143. The average molecular weight is 287 g/mol. The number of aromatic nitrogens is 1. The smallest absolute Gasteiger partial charge is 0.273 e. The monoisotopic (exact) mass is 287 g/mol. The van der Waals surface area contributed by atoms with Crippen LogP contribution >= 0.6 is 0 Å². The third kappa shape index (κ3) is 3.61. The van der Waals surface area contributed by atoms with Gasteiger partial charge in [-0.2, -0.15) is 0 Å². The minimum absolute atomic E-state index is 0.101. The van der Waals surface area contributed by atoms with Crippen molar-refractivity contribution in [3.8, 4) is 0 Å². The summed E-state index contributed by atoms with van der Waals surface area (Å²) >= 11 is 0. The Balaban J connectivity index is 2.14. The molecule has 0 saturated heterocycles. The Bertz CT molecular complexity index is 673. The van der Waals surface area contributed by atoms with Crippen molar-refractivity contribution in [1.82, 2.24) is 4.98 Å². The van der Waals surface area contributed by atoms with Gasteiger partial charge >= 0.3 is 0 Å². The number of nitrogens with one attached hydrogen (secondary N) is 1. The van der Waals surface area contributed by atoms with Crippen molar-refractivity contribution < 1.29 is 14.8 Å². The molecule has 1 aromatic heterocycles. The number of para-hydroxylation sites is 1. The van der Waals surface area contributed by atoms with Gasteiger partial charge in [0.25, 0.3) is 5.69 Å². The van der Waals surface area contributed by atoms with Gasteiger partial charge in [-0.3, -0.25) is 14.9 Å². The molecule has 21 heavy (non-hydrogen) atoms. The highest BCUT2D eigenvalue weighted by molar-refractivity contribution is 5.92. The van der Waals surface area contributed by atoms with Crippen molar-refractivity contribution in [2.75, 3.05) is 5.32 Å². The summed E-state index contributed by atoms with van der Waals surface area (Å²) in [6, 6.07) is 9.33. The van der Waals surface area contributed by atoms with Crippen LogP contribution in [0.15, 0.2) is 42.6 Å². The minimum Gasteiger partial charge on any atom is -0.392 e. The van der Waals surface area contributed by atoms with E-state index in [-0.39, 0.29) is 24.5 Å². The summed E-state index contributed by atoms with van der Waals surface area (Å²) in [6.07, 6.45) is 1.35. The van der Waals surface area contributed by atoms with E-state index in [1.807, 2.05) is 0 Å². The molecule has 0 unspecified atom stereocenters. The molecule has 7 heteroatoms. The van der Waals surface area contributed by atoms with Crippen molar-refractivity contribution in [2.24, 2.45) is 0 Å². The summed E-state index contributed by atoms with van der Waals surface area (Å²) in [5, 5.41) is 22.6. The maximum Gasteiger partial charge on any atom is 0.273 e. The van der Waals surface area contributed by atoms with Gasteiger partial charge in [-0.25, -0.2) is 4.98 Å². The zero-order chi connectivity index (χ0) is 15.2. The van der Waals surface area contributed by atoms with Crippen molar-refractivity contribution in [1.29, 1.82) is 0 Å². The fourth-order valence-electron chi connectivity index (χ4n) is 1.87. The fourth-order valence-corrected chi connectivity index (χ4v) is 1.87. The average Bonchev–Trinajstić information content (AvgIpc) is 2.48. The SMILES string of the molecule is O=C(Cc1ccccc1[N+](=O)[O-])Nc1ncccc1CO. The number of rotatable bonds is 5. The van der Waals surface area contributed by atoms with E-state index < -0.39 is 10.8 Å². The van der Waals surface area contributed by atoms with Crippen LogP contribution in [-0.4, -0.2) is 20.9 Å². The molecule has 1 amide bonds. The molecule has 0 spiro atoms. The van der Waals surface area contributed by atoms with Gasteiger partial charge in [0.15, 0.2) is 0 Å². The second-order valence-corrected chi connectivity index (χ2v) is 4.28. The highest BCUT2D eigenvalue weighted by atomic mass is 16.6. The quantitative estimate of drug-likeness (QED) is 0.642. The number of amides is 1. The van der Waals surface area contributed by atoms with E-state index in [1.54, 1.807) is 24.3 Å². The van der Waals surface area contributed by atoms with Crippen LogP contribution in [0.4, 0.5) is 11.5 Å². The lowest BCUT2D eigenvalue weighted by molar-refractivity contribution is -0.385. The molecule has 2 rings (SSSR count). The summed E-state index contributed by atoms with van der Waals surface area (Å²) in [7, 11) is 0. The number of hydrogen-bond acceptors (Lipinski definition) is 5. The normalized spacial score (nSPS) is 10.1. The number of pyridine rings is 1. The Morgan fingerprint density at radius 3 is 2.67 bits per heavy atom. The van der Waals surface area contributed by atoms with E-state index in [9.17, 15) is 14.9 Å². The van der Waals surface area contributed by atoms with Gasteiger partial charge in [0.1, 0.15) is 5.82 Å². The molecule has 1 heterocycles. The van der Waals surface area contributed by atoms with Crippen LogP contribution < -0.4 is 5.32 Å². The van der Waals surface area contributed by atoms with E-state index >= 15 is 0 Å². The summed E-state index contributed by atoms with van der Waals surface area (Å²) < 4.78 is 0. The summed E-state index contributed by atoms with van der Waals surface area (Å²) in [5.74, 6) is -0.179. The Kier molecular flexibility index (Phi) is 4.57. The van der Waals surface area contributed by atoms with Gasteiger partial charge in [-0.05, 0) is 6.07 Å². The third-order valence-corrected chi connectivity index (χ3v) is 2.86. The number of carbonyl (C=O) groups excluding carboxylic acids is 1. The van der Waals surface area contributed by atoms with Gasteiger partial charge in [-0.1, -0.05) is 24.3 Å². The number of aliphatic hydroxyl groups is 1. The molecular formula is C14H13N3O4. The van der Waals surface area contributed by atoms with Crippen LogP contribution in [-0.2, 0) is 17.8 Å². The van der Waals surface area contributed by atoms with Gasteiger partial charge < -0.3 is 10.4 Å². The first-order valence-electron chi connectivity index (χ1n) is 6.18. The minimum atomic E-state index is -0.525. The molecule has 108 valence electrons. The Labute approximate surface area is 120 Å². The summed E-state index contributed by atoms with van der Waals surface area (Å²) in [5.41, 5.74) is 0.700. The molecule has 0 aliphatic carbocycles. The number of nitro groups is 1. The van der Waals surface area contributed by atoms with E-state index in [0.29, 0.717) is 11.1 Å². The first-order valence-corrected chi connectivity index (χ1v) is 6.18. The molecule has 2 N–H and O–H groups in total. The molecule has 1 aromatic carbocycles. The van der Waals surface area contributed by atoms with E-state index in [0.717, 1.165) is 0 Å². The van der Waals surface area contributed by atoms with Crippen LogP contribution in [0.2, 0.25) is 0 Å². The zero-order valence-corrected chi connectivity index (χ0v) is 11.0. The predicted octanol–water partition coefficient (Wildman–Crippen LogP) is 1.66. The van der Waals surface area contributed by atoms with Gasteiger partial charge in [-0.15, -0.1) is 0 Å². The number of hydrogen-bond donors (Lipinski definition) is 2. The van der Waals surface area contributed by atoms with Crippen molar-refractivity contribution in [2.45, 2.75) is 13.0 Å². The number of carbonyl (C=O) groups is 1. The molecule has 0 radical (unpaired) electrons. The topological polar surface area (TPSA) is 105 Å². The maximum atomic E-state index is 12.0. The number of nitrogens with zero attached hydrogens (tertiary/aromatic N) is 2. The molecule has 0 saturated carbocycles. The first-order chi connectivity index (χ1) is 10.1. The molecular weight excluding hydrogens is 274 g/mol. The second-order valence-electron chi connectivity index (χ2n) is 4.28. The predicted molar refractivity (Wildman–Crippen MR) is 75.6 cm³/mol. The number of anilines is 1. The highest BCUT2D eigenvalue weighted by Crippen LogP contribution is 2.19. The molecule has 0 atom stereocenters. The lowest BCUT2D eigenvalue weighted by atomic mass is 10.1. The lowest BCUT2D eigenvalue weighted by Gasteiger charge is -2.08. The molecule has 0 bridgehead atoms. The van der Waals surface area contributed by atoms with Gasteiger partial charge in [0.05, 0.1) is 18.0 Å². The molecule has 0 aliphatic rings. The molecule has 0 aliphatic heterocycles. The van der Waals surface area contributed by atoms with Gasteiger partial charge in [0, 0.05) is 23.4 Å². The zero-order valence-electron chi connectivity index (χ0n) is 11.0. The van der Waals surface area contributed by atoms with E-state index in [2.05, 4.69) is 10.3 Å². The number of nitro benzene ring substituents is 1. The van der Waals surface area contributed by atoms with Crippen molar-refractivity contribution >= 4 is 17.4 Å². The van der Waals surface area contributed by atoms with Crippen LogP contribution in [0.25, 0.3) is 0 Å². The second kappa shape index (κ2) is 6.58. The van der Waals surface area contributed by atoms with Crippen LogP contribution in [0.5, 0.6) is 0 Å². The van der Waals surface area contributed by atoms with Crippen LogP contribution in [0.3, 0.4) is 0 Å². The first kappa shape index (κ1) is 14.6. The maximum absolute atomic E-state index is 12.0. The van der Waals surface area contributed by atoms with Crippen LogP contribution in [0.1, 0.15) is 11.1 Å². The Morgan fingerprint density at radius 2 is 1.95 bits per heavy atom. The van der Waals surface area contributed by atoms with Gasteiger partial charge in [0.2, 0.25) is 5.91 Å². The highest BCUT2D eigenvalue weighted by Gasteiger charge is 2.16. The van der Waals surface area contributed by atoms with Crippen molar-refractivity contribution in [3.63, 3.8) is 0 Å². The molecule has 7 nitrogen and oxygen atoms in total. The molecule has 2 aromatic rings. The molecule has 0 fully saturated rings. The standard InChI is InChI=1S/C14H13N3O4/c18-9-11-5-3-7-15-14(11)16-13(19)8-10-4-1-2-6-12(10)17(20)21/h1-7,18H,8-9H2,(H,15,16,19). The lowest BCUT2D eigenvalue weighted by Crippen LogP contribution is -2.17. The van der Waals surface area contributed by atoms with E-state index in [4.69, 9.17) is 5.11 Å². The third-order valence-electron chi connectivity index (χ3n) is 2.86. The summed E-state index contributed by atoms with van der Waals surface area (Å²) in [4.78, 5) is 26.3. The van der Waals surface area contributed by atoms with E-state index in [1.165, 1.54) is 18.3 Å². The largest absolute Gasteiger partial charge is 0.392 e. The summed E-state index contributed by atoms with van der Waals surface area (Å²) in [6.45, 7) is -0.255. The number of benzene rings is 1. The van der Waals surface area contributed by atoms with Crippen molar-refractivity contribution in [3.05, 3.63) is 63.8 Å². The Morgan fingerprint density at radius 1 is 1.24 bits per heavy atom. The number of aliphatic hydroxyl groups excluding tert-OH is 1. The van der Waals surface area contributed by atoms with Crippen LogP contribution in [0, 0.1) is 10.1 Å².